The van der Waals surface area contributed by atoms with Gasteiger partial charge in [0.1, 0.15) is 0 Å². The van der Waals surface area contributed by atoms with Crippen molar-refractivity contribution in [3.05, 3.63) is 18.8 Å². The third-order valence-corrected chi connectivity index (χ3v) is 0.465. The van der Waals surface area contributed by atoms with Crippen LogP contribution in [0.2, 0.25) is 0 Å². The molecule has 0 spiro atoms. The highest BCUT2D eigenvalue weighted by molar-refractivity contribution is 4.92. The van der Waals surface area contributed by atoms with Gasteiger partial charge in [0.15, 0.2) is 0 Å². The van der Waals surface area contributed by atoms with E-state index in [0.29, 0.717) is 0 Å². The molecule has 0 aliphatic heterocycles. The first-order chi connectivity index (χ1) is 2.89. The van der Waals surface area contributed by atoms with Gasteiger partial charge >= 0.3 is 0 Å². The molecule has 0 aliphatic carbocycles. The van der Waals surface area contributed by atoms with Gasteiger partial charge in [-0.05, 0) is 6.92 Å². The largest absolute Gasteiger partial charge is 0.262 e. The molecule has 1 N–H and O–H groups in total. The van der Waals surface area contributed by atoms with E-state index in [0.717, 1.165) is 5.69 Å². The van der Waals surface area contributed by atoms with Crippen LogP contribution in [0.5, 0.6) is 0 Å². The van der Waals surface area contributed by atoms with Gasteiger partial charge in [-0.2, -0.15) is 0 Å². The smallest absolute Gasteiger partial charge is 0.0722 e. The molecule has 6 heavy (non-hydrogen) atoms. The van der Waals surface area contributed by atoms with E-state index in [1.807, 2.05) is 0 Å². The van der Waals surface area contributed by atoms with E-state index in [1.54, 1.807) is 6.20 Å². The fourth-order valence-corrected chi connectivity index (χ4v) is 0.221. The Morgan fingerprint density at radius 2 is 2.67 bits per heavy atom. The van der Waals surface area contributed by atoms with Gasteiger partial charge in [-0.15, -0.1) is 5.10 Å². The van der Waals surface area contributed by atoms with Gasteiger partial charge in [-0.3, -0.25) is 5.10 Å². The second kappa shape index (κ2) is 1.08. The molecular formula is C3H4N3. The van der Waals surface area contributed by atoms with Gasteiger partial charge in [-0.1, -0.05) is 5.21 Å². The maximum absolute atomic E-state index is 3.50. The summed E-state index contributed by atoms with van der Waals surface area (Å²) < 4.78 is 0. The van der Waals surface area contributed by atoms with Crippen molar-refractivity contribution in [3.8, 4) is 0 Å². The van der Waals surface area contributed by atoms with Crippen molar-refractivity contribution >= 4 is 0 Å². The third-order valence-electron chi connectivity index (χ3n) is 0.465. The van der Waals surface area contributed by atoms with Crippen LogP contribution in [0, 0.1) is 6.92 Å². The number of nitrogens with zero attached hydrogens (tertiary/aromatic N) is 2. The summed E-state index contributed by atoms with van der Waals surface area (Å²) in [5.74, 6) is 0. The summed E-state index contributed by atoms with van der Waals surface area (Å²) in [6.07, 6.45) is 1.56. The minimum absolute atomic E-state index is 0.745. The quantitative estimate of drug-likeness (QED) is 0.478. The zero-order chi connectivity index (χ0) is 4.41. The van der Waals surface area contributed by atoms with E-state index in [2.05, 4.69) is 22.3 Å². The van der Waals surface area contributed by atoms with Gasteiger partial charge in [0, 0.05) is 0 Å². The average molecular weight is 82.1 g/mol. The Kier molecular flexibility index (Phi) is 0.602. The van der Waals surface area contributed by atoms with Gasteiger partial charge in [-0.25, -0.2) is 0 Å². The Bertz CT molecular complexity index is 110. The maximum atomic E-state index is 3.50. The number of H-pyrrole nitrogens is 1. The molecule has 1 rings (SSSR count). The number of hydrogen-bond acceptors (Lipinski definition) is 2. The summed E-state index contributed by atoms with van der Waals surface area (Å²) in [5, 5.41) is 9.37. The molecule has 1 heterocycles. The van der Waals surface area contributed by atoms with E-state index in [4.69, 9.17) is 0 Å². The highest BCUT2D eigenvalue weighted by Crippen LogP contribution is 1.77. The van der Waals surface area contributed by atoms with Crippen molar-refractivity contribution in [1.82, 2.24) is 15.4 Å². The van der Waals surface area contributed by atoms with Gasteiger partial charge < -0.3 is 0 Å². The minimum Gasteiger partial charge on any atom is -0.262 e. The Morgan fingerprint density at radius 3 is 2.83 bits per heavy atom. The number of hydrogen-bond donors (Lipinski definition) is 1. The summed E-state index contributed by atoms with van der Waals surface area (Å²) in [6, 6.07) is 0. The first kappa shape index (κ1) is 3.33. The Labute approximate surface area is 35.4 Å². The third kappa shape index (κ3) is 0.381. The van der Waals surface area contributed by atoms with E-state index in [1.165, 1.54) is 0 Å². The summed E-state index contributed by atoms with van der Waals surface area (Å²) in [7, 11) is 0. The molecule has 1 radical (unpaired) electrons. The van der Waals surface area contributed by atoms with Gasteiger partial charge in [0.25, 0.3) is 0 Å². The molecule has 0 unspecified atom stereocenters. The lowest BCUT2D eigenvalue weighted by Gasteiger charge is -1.64. The number of rotatable bonds is 0. The average Bonchev–Trinajstić information content (AvgIpc) is 1.86. The van der Waals surface area contributed by atoms with E-state index >= 15 is 0 Å². The topological polar surface area (TPSA) is 41.6 Å². The van der Waals surface area contributed by atoms with Crippen LogP contribution in [0.3, 0.4) is 0 Å². The van der Waals surface area contributed by atoms with Crippen molar-refractivity contribution < 1.29 is 0 Å². The molecule has 0 aliphatic rings. The Balaban J connectivity index is 3.05. The van der Waals surface area contributed by atoms with Crippen LogP contribution in [-0.4, -0.2) is 15.4 Å². The van der Waals surface area contributed by atoms with Crippen LogP contribution in [0.1, 0.15) is 5.69 Å². The monoisotopic (exact) mass is 82.0 g/mol. The Morgan fingerprint density at radius 1 is 1.83 bits per heavy atom. The predicted octanol–water partition coefficient (Wildman–Crippen LogP) is -0.0131. The van der Waals surface area contributed by atoms with Crippen molar-refractivity contribution in [2.45, 2.75) is 0 Å². The highest BCUT2D eigenvalue weighted by Gasteiger charge is 1.75. The Hall–Kier alpha value is -0.860. The fourth-order valence-electron chi connectivity index (χ4n) is 0.221. The van der Waals surface area contributed by atoms with Crippen molar-refractivity contribution in [1.29, 1.82) is 0 Å². The van der Waals surface area contributed by atoms with Gasteiger partial charge in [0.05, 0.1) is 11.9 Å². The van der Waals surface area contributed by atoms with Crippen LogP contribution in [0.15, 0.2) is 6.20 Å². The zero-order valence-electron chi connectivity index (χ0n) is 3.18. The standard InChI is InChI=1S/C3H4N3/c1-3-2-4-6-5-3/h2H,1H2,(H,4,5,6). The summed E-state index contributed by atoms with van der Waals surface area (Å²) >= 11 is 0. The summed E-state index contributed by atoms with van der Waals surface area (Å²) in [6.45, 7) is 3.50. The van der Waals surface area contributed by atoms with Crippen LogP contribution >= 0.6 is 0 Å². The van der Waals surface area contributed by atoms with E-state index in [9.17, 15) is 0 Å². The lowest BCUT2D eigenvalue weighted by Crippen LogP contribution is -1.66. The highest BCUT2D eigenvalue weighted by atomic mass is 15.3. The van der Waals surface area contributed by atoms with Crippen molar-refractivity contribution in [3.63, 3.8) is 0 Å². The van der Waals surface area contributed by atoms with Crippen LogP contribution in [0.25, 0.3) is 0 Å². The molecule has 1 aromatic rings. The summed E-state index contributed by atoms with van der Waals surface area (Å²) in [5.41, 5.74) is 0.745. The van der Waals surface area contributed by atoms with Crippen LogP contribution in [0.4, 0.5) is 0 Å². The van der Waals surface area contributed by atoms with Crippen molar-refractivity contribution in [2.75, 3.05) is 0 Å². The molecule has 0 bridgehead atoms. The van der Waals surface area contributed by atoms with Crippen LogP contribution < -0.4 is 0 Å². The second-order valence-corrected chi connectivity index (χ2v) is 0.982. The molecular weight excluding hydrogens is 78.1 g/mol. The number of aromatic nitrogens is 3. The minimum atomic E-state index is 0.745. The normalized spacial score (nSPS) is 8.83. The second-order valence-electron chi connectivity index (χ2n) is 0.982. The molecule has 0 saturated heterocycles. The van der Waals surface area contributed by atoms with E-state index in [-0.39, 0.29) is 0 Å². The number of aromatic amines is 1. The molecule has 0 amide bonds. The molecule has 1 aromatic heterocycles. The first-order valence-corrected chi connectivity index (χ1v) is 1.57. The van der Waals surface area contributed by atoms with Crippen LogP contribution in [-0.2, 0) is 0 Å². The van der Waals surface area contributed by atoms with Gasteiger partial charge in [0.2, 0.25) is 0 Å². The van der Waals surface area contributed by atoms with E-state index < -0.39 is 0 Å². The molecule has 0 atom stereocenters. The first-order valence-electron chi connectivity index (χ1n) is 1.57. The predicted molar refractivity (Wildman–Crippen MR) is 20.8 cm³/mol. The SMILES string of the molecule is [CH2]c1cnn[nH]1. The summed E-state index contributed by atoms with van der Waals surface area (Å²) in [4.78, 5) is 0. The maximum Gasteiger partial charge on any atom is 0.0722 e. The fraction of sp³-hybridized carbons (Fsp3) is 0. The molecule has 0 saturated carbocycles. The molecule has 3 nitrogen and oxygen atoms in total. The lowest BCUT2D eigenvalue weighted by atomic mass is 10.6. The molecule has 0 fully saturated rings. The number of nitrogens with one attached hydrogen (secondary N) is 1. The molecule has 0 aromatic carbocycles. The van der Waals surface area contributed by atoms with Crippen molar-refractivity contribution in [2.24, 2.45) is 0 Å². The lowest BCUT2D eigenvalue weighted by molar-refractivity contribution is 0.934. The molecule has 3 heteroatoms. The molecule has 31 valence electrons. The zero-order valence-corrected chi connectivity index (χ0v) is 3.18.